The Bertz CT molecular complexity index is 525. The van der Waals surface area contributed by atoms with Crippen LogP contribution < -0.4 is 10.6 Å². The number of anilines is 2. The minimum atomic E-state index is -0.446. The number of methoxy groups -OCH3 is 1. The van der Waals surface area contributed by atoms with Crippen LogP contribution in [0.3, 0.4) is 0 Å². The zero-order valence-corrected chi connectivity index (χ0v) is 16.1. The highest BCUT2D eigenvalue weighted by atomic mass is 16.5. The maximum absolute atomic E-state index is 11.6. The van der Waals surface area contributed by atoms with Crippen molar-refractivity contribution in [3.63, 3.8) is 0 Å². The predicted molar refractivity (Wildman–Crippen MR) is 102 cm³/mol. The Morgan fingerprint density at radius 2 is 1.58 bits per heavy atom. The van der Waals surface area contributed by atoms with Crippen molar-refractivity contribution in [1.29, 1.82) is 0 Å². The van der Waals surface area contributed by atoms with E-state index in [0.717, 1.165) is 12.1 Å². The van der Waals surface area contributed by atoms with Gasteiger partial charge in [0.25, 0.3) is 0 Å². The summed E-state index contributed by atoms with van der Waals surface area (Å²) in [7, 11) is 1.32. The van der Waals surface area contributed by atoms with Crippen LogP contribution in [0.5, 0.6) is 0 Å². The maximum Gasteiger partial charge on any atom is 0.337 e. The fourth-order valence-corrected chi connectivity index (χ4v) is 1.52. The predicted octanol–water partition coefficient (Wildman–Crippen LogP) is 5.21. The Kier molecular flexibility index (Phi) is 14.3. The zero-order chi connectivity index (χ0) is 19.1. The number of rotatable bonds is 6. The van der Waals surface area contributed by atoms with E-state index in [1.807, 2.05) is 34.6 Å². The second-order valence-corrected chi connectivity index (χ2v) is 4.24. The number of ether oxygens (including phenoxy) is 1. The second kappa shape index (κ2) is 14.3. The Hall–Kier alpha value is -2.30. The molecule has 0 saturated heterocycles. The van der Waals surface area contributed by atoms with Gasteiger partial charge < -0.3 is 15.4 Å². The van der Waals surface area contributed by atoms with Gasteiger partial charge in [-0.05, 0) is 24.6 Å². The maximum atomic E-state index is 11.6. The van der Waals surface area contributed by atoms with Crippen LogP contribution in [0, 0.1) is 0 Å². The average molecular weight is 336 g/mol. The third kappa shape index (κ3) is 8.36. The molecule has 24 heavy (non-hydrogen) atoms. The number of carbonyl (C=O) groups is 2. The first kappa shape index (κ1) is 24.0. The second-order valence-electron chi connectivity index (χ2n) is 4.24. The molecule has 0 radical (unpaired) electrons. The Labute approximate surface area is 146 Å². The van der Waals surface area contributed by atoms with Crippen molar-refractivity contribution in [2.45, 2.75) is 54.4 Å². The van der Waals surface area contributed by atoms with Gasteiger partial charge in [-0.15, -0.1) is 0 Å². The zero-order valence-electron chi connectivity index (χ0n) is 16.1. The fraction of sp³-hybridized carbons (Fsp3) is 0.474. The fourth-order valence-electron chi connectivity index (χ4n) is 1.52. The van der Waals surface area contributed by atoms with Gasteiger partial charge in [0, 0.05) is 12.1 Å². The highest BCUT2D eigenvalue weighted by Gasteiger charge is 2.11. The van der Waals surface area contributed by atoms with Gasteiger partial charge in [-0.3, -0.25) is 4.79 Å². The largest absolute Gasteiger partial charge is 0.465 e. The van der Waals surface area contributed by atoms with Crippen LogP contribution in [0.4, 0.5) is 11.4 Å². The molecule has 5 nitrogen and oxygen atoms in total. The number of nitrogens with one attached hydrogen (secondary N) is 2. The first-order valence-electron chi connectivity index (χ1n) is 8.48. The Morgan fingerprint density at radius 1 is 1.00 bits per heavy atom. The summed E-state index contributed by atoms with van der Waals surface area (Å²) >= 11 is 0. The van der Waals surface area contributed by atoms with Gasteiger partial charge >= 0.3 is 5.97 Å². The van der Waals surface area contributed by atoms with E-state index < -0.39 is 5.97 Å². The summed E-state index contributed by atoms with van der Waals surface area (Å²) in [6.45, 7) is 15.6. The molecule has 0 aliphatic heterocycles. The molecular formula is C19H32N2O3. The summed E-state index contributed by atoms with van der Waals surface area (Å²) in [6, 6.07) is 4.95. The summed E-state index contributed by atoms with van der Waals surface area (Å²) < 4.78 is 4.68. The monoisotopic (exact) mass is 336 g/mol. The summed E-state index contributed by atoms with van der Waals surface area (Å²) in [5, 5.41) is 5.87. The third-order valence-electron chi connectivity index (χ3n) is 2.77. The van der Waals surface area contributed by atoms with Crippen LogP contribution in [-0.4, -0.2) is 19.0 Å². The van der Waals surface area contributed by atoms with Crippen molar-refractivity contribution in [3.8, 4) is 0 Å². The molecule has 1 amide bonds. The Balaban J connectivity index is 0. The topological polar surface area (TPSA) is 67.4 Å². The van der Waals surface area contributed by atoms with Crippen LogP contribution in [0.1, 0.15) is 64.7 Å². The molecule has 136 valence electrons. The van der Waals surface area contributed by atoms with Gasteiger partial charge in [-0.2, -0.15) is 0 Å². The van der Waals surface area contributed by atoms with E-state index in [1.165, 1.54) is 7.11 Å². The van der Waals surface area contributed by atoms with Crippen LogP contribution in [0.15, 0.2) is 30.5 Å². The van der Waals surface area contributed by atoms with Gasteiger partial charge in [-0.1, -0.05) is 48.1 Å². The first-order chi connectivity index (χ1) is 11.5. The smallest absolute Gasteiger partial charge is 0.337 e. The first-order valence-corrected chi connectivity index (χ1v) is 8.48. The third-order valence-corrected chi connectivity index (χ3v) is 2.77. The van der Waals surface area contributed by atoms with Gasteiger partial charge in [0.05, 0.1) is 24.0 Å². The van der Waals surface area contributed by atoms with Crippen molar-refractivity contribution >= 4 is 23.3 Å². The van der Waals surface area contributed by atoms with E-state index in [1.54, 1.807) is 25.1 Å². The summed E-state index contributed by atoms with van der Waals surface area (Å²) in [5.41, 5.74) is 2.44. The Morgan fingerprint density at radius 3 is 2.04 bits per heavy atom. The van der Waals surface area contributed by atoms with E-state index in [0.29, 0.717) is 23.4 Å². The summed E-state index contributed by atoms with van der Waals surface area (Å²) in [5.74, 6) is -0.574. The number of esters is 1. The SMILES string of the molecule is C=C(CC)Nc1ccc(C(=O)OC)cc1NC(=O)CC.CC.CC. The molecule has 0 heterocycles. The molecule has 0 saturated carbocycles. The minimum Gasteiger partial charge on any atom is -0.465 e. The highest BCUT2D eigenvalue weighted by Crippen LogP contribution is 2.25. The van der Waals surface area contributed by atoms with Crippen molar-refractivity contribution in [2.75, 3.05) is 17.7 Å². The average Bonchev–Trinajstić information content (AvgIpc) is 2.65. The van der Waals surface area contributed by atoms with E-state index in [2.05, 4.69) is 21.9 Å². The normalized spacial score (nSPS) is 8.62. The lowest BCUT2D eigenvalue weighted by Gasteiger charge is -2.14. The van der Waals surface area contributed by atoms with E-state index in [-0.39, 0.29) is 5.91 Å². The molecule has 0 aliphatic rings. The van der Waals surface area contributed by atoms with E-state index >= 15 is 0 Å². The van der Waals surface area contributed by atoms with Crippen molar-refractivity contribution in [3.05, 3.63) is 36.0 Å². The van der Waals surface area contributed by atoms with E-state index in [9.17, 15) is 9.59 Å². The van der Waals surface area contributed by atoms with Gasteiger partial charge in [-0.25, -0.2) is 4.79 Å². The van der Waals surface area contributed by atoms with E-state index in [4.69, 9.17) is 0 Å². The number of benzene rings is 1. The molecule has 5 heteroatoms. The molecule has 1 rings (SSSR count). The van der Waals surface area contributed by atoms with Gasteiger partial charge in [0.1, 0.15) is 0 Å². The number of hydrogen-bond donors (Lipinski definition) is 2. The minimum absolute atomic E-state index is 0.128. The van der Waals surface area contributed by atoms with Crippen molar-refractivity contribution in [1.82, 2.24) is 0 Å². The highest BCUT2D eigenvalue weighted by molar-refractivity contribution is 5.98. The molecule has 0 unspecified atom stereocenters. The lowest BCUT2D eigenvalue weighted by atomic mass is 10.1. The molecule has 2 N–H and O–H groups in total. The number of carbonyl (C=O) groups excluding carboxylic acids is 2. The quantitative estimate of drug-likeness (QED) is 0.700. The van der Waals surface area contributed by atoms with Gasteiger partial charge in [0.2, 0.25) is 5.91 Å². The van der Waals surface area contributed by atoms with Crippen molar-refractivity contribution < 1.29 is 14.3 Å². The molecule has 0 atom stereocenters. The molecule has 1 aromatic carbocycles. The molecule has 0 bridgehead atoms. The van der Waals surface area contributed by atoms with Crippen LogP contribution in [-0.2, 0) is 9.53 Å². The number of hydrogen-bond acceptors (Lipinski definition) is 4. The molecule has 0 spiro atoms. The van der Waals surface area contributed by atoms with Crippen LogP contribution in [0.25, 0.3) is 0 Å². The van der Waals surface area contributed by atoms with Gasteiger partial charge in [0.15, 0.2) is 0 Å². The molecule has 1 aromatic rings. The molecule has 0 aliphatic carbocycles. The van der Waals surface area contributed by atoms with Crippen LogP contribution >= 0.6 is 0 Å². The lowest BCUT2D eigenvalue weighted by Crippen LogP contribution is -2.13. The molecule has 0 aromatic heterocycles. The number of allylic oxidation sites excluding steroid dienone is 1. The van der Waals surface area contributed by atoms with Crippen molar-refractivity contribution in [2.24, 2.45) is 0 Å². The standard InChI is InChI=1S/C15H20N2O3.2C2H6/c1-5-10(3)16-12-8-7-11(15(19)20-4)9-13(12)17-14(18)6-2;2*1-2/h7-9,16H,3,5-6H2,1-2,4H3,(H,17,18);2*1-2H3. The lowest BCUT2D eigenvalue weighted by molar-refractivity contribution is -0.115. The number of amides is 1. The molecule has 0 fully saturated rings. The summed E-state index contributed by atoms with van der Waals surface area (Å²) in [4.78, 5) is 23.1. The van der Waals surface area contributed by atoms with Crippen LogP contribution in [0.2, 0.25) is 0 Å². The molecular weight excluding hydrogens is 304 g/mol. The summed E-state index contributed by atoms with van der Waals surface area (Å²) in [6.07, 6.45) is 1.12.